The van der Waals surface area contributed by atoms with Gasteiger partial charge in [-0.3, -0.25) is 4.90 Å². The highest BCUT2D eigenvalue weighted by Crippen LogP contribution is 2.17. The van der Waals surface area contributed by atoms with E-state index in [4.69, 9.17) is 10.5 Å². The molecule has 0 bridgehead atoms. The Kier molecular flexibility index (Phi) is 3.64. The van der Waals surface area contributed by atoms with Gasteiger partial charge in [-0.2, -0.15) is 0 Å². The molecule has 17 heavy (non-hydrogen) atoms. The SMILES string of the molecule is CN1CCCCC1OC(=O)c1ccc(N)cc1. The molecule has 4 nitrogen and oxygen atoms in total. The van der Waals surface area contributed by atoms with E-state index in [1.807, 2.05) is 7.05 Å². The zero-order valence-electron chi connectivity index (χ0n) is 10.1. The highest BCUT2D eigenvalue weighted by Gasteiger charge is 2.22. The maximum absolute atomic E-state index is 11.9. The van der Waals surface area contributed by atoms with Crippen LogP contribution in [0.2, 0.25) is 0 Å². The molecule has 0 amide bonds. The first-order valence-electron chi connectivity index (χ1n) is 5.93. The van der Waals surface area contributed by atoms with Crippen LogP contribution >= 0.6 is 0 Å². The third kappa shape index (κ3) is 2.97. The lowest BCUT2D eigenvalue weighted by Crippen LogP contribution is -2.39. The molecule has 1 aliphatic heterocycles. The predicted octanol–water partition coefficient (Wildman–Crippen LogP) is 1.87. The number of piperidine rings is 1. The fourth-order valence-electron chi connectivity index (χ4n) is 2.00. The number of ether oxygens (including phenoxy) is 1. The first-order valence-corrected chi connectivity index (χ1v) is 5.93. The zero-order chi connectivity index (χ0) is 12.3. The van der Waals surface area contributed by atoms with Gasteiger partial charge in [-0.05, 0) is 50.6 Å². The van der Waals surface area contributed by atoms with Crippen LogP contribution in [0.4, 0.5) is 5.69 Å². The first kappa shape index (κ1) is 11.9. The monoisotopic (exact) mass is 234 g/mol. The number of carbonyl (C=O) groups is 1. The summed E-state index contributed by atoms with van der Waals surface area (Å²) in [6.07, 6.45) is 3.11. The van der Waals surface area contributed by atoms with Crippen molar-refractivity contribution in [2.45, 2.75) is 25.5 Å². The maximum Gasteiger partial charge on any atom is 0.339 e. The number of rotatable bonds is 2. The average molecular weight is 234 g/mol. The van der Waals surface area contributed by atoms with Gasteiger partial charge in [0.25, 0.3) is 0 Å². The highest BCUT2D eigenvalue weighted by molar-refractivity contribution is 5.89. The summed E-state index contributed by atoms with van der Waals surface area (Å²) in [7, 11) is 1.99. The lowest BCUT2D eigenvalue weighted by Gasteiger charge is -2.31. The molecule has 1 saturated heterocycles. The molecule has 2 N–H and O–H groups in total. The quantitative estimate of drug-likeness (QED) is 0.627. The highest BCUT2D eigenvalue weighted by atomic mass is 16.6. The molecule has 1 aliphatic rings. The Morgan fingerprint density at radius 3 is 2.71 bits per heavy atom. The number of hydrogen-bond donors (Lipinski definition) is 1. The van der Waals surface area contributed by atoms with Crippen LogP contribution in [0.5, 0.6) is 0 Å². The van der Waals surface area contributed by atoms with E-state index in [0.29, 0.717) is 11.3 Å². The summed E-state index contributed by atoms with van der Waals surface area (Å²) >= 11 is 0. The Bertz CT molecular complexity index is 389. The van der Waals surface area contributed by atoms with Crippen molar-refractivity contribution in [2.24, 2.45) is 0 Å². The van der Waals surface area contributed by atoms with Crippen molar-refractivity contribution in [3.8, 4) is 0 Å². The molecule has 0 radical (unpaired) electrons. The lowest BCUT2D eigenvalue weighted by molar-refractivity contribution is -0.0392. The Labute approximate surface area is 101 Å². The number of nitrogens with zero attached hydrogens (tertiary/aromatic N) is 1. The minimum atomic E-state index is -0.274. The molecule has 0 spiro atoms. The minimum Gasteiger partial charge on any atom is -0.443 e. The molecule has 1 unspecified atom stereocenters. The van der Waals surface area contributed by atoms with E-state index in [0.717, 1.165) is 19.4 Å². The van der Waals surface area contributed by atoms with Gasteiger partial charge in [-0.25, -0.2) is 4.79 Å². The summed E-state index contributed by atoms with van der Waals surface area (Å²) in [6.45, 7) is 0.986. The van der Waals surface area contributed by atoms with Crippen LogP contribution in [0, 0.1) is 0 Å². The van der Waals surface area contributed by atoms with Crippen LogP contribution in [0.3, 0.4) is 0 Å². The van der Waals surface area contributed by atoms with Crippen LogP contribution in [-0.2, 0) is 4.74 Å². The molecule has 0 aromatic heterocycles. The van der Waals surface area contributed by atoms with Gasteiger partial charge in [-0.1, -0.05) is 0 Å². The second kappa shape index (κ2) is 5.19. The summed E-state index contributed by atoms with van der Waals surface area (Å²) in [6, 6.07) is 6.81. The molecule has 1 aromatic rings. The van der Waals surface area contributed by atoms with Gasteiger partial charge < -0.3 is 10.5 Å². The second-order valence-electron chi connectivity index (χ2n) is 4.46. The minimum absolute atomic E-state index is 0.0891. The van der Waals surface area contributed by atoms with E-state index in [9.17, 15) is 4.79 Å². The maximum atomic E-state index is 11.9. The topological polar surface area (TPSA) is 55.6 Å². The number of esters is 1. The Morgan fingerprint density at radius 2 is 2.06 bits per heavy atom. The van der Waals surface area contributed by atoms with Crippen molar-refractivity contribution >= 4 is 11.7 Å². The molecule has 1 atom stereocenters. The molecular formula is C13H18N2O2. The summed E-state index contributed by atoms with van der Waals surface area (Å²) in [5.74, 6) is -0.274. The van der Waals surface area contributed by atoms with Gasteiger partial charge in [0.2, 0.25) is 0 Å². The number of nitrogen functional groups attached to an aromatic ring is 1. The standard InChI is InChI=1S/C13H18N2O2/c1-15-9-3-2-4-12(15)17-13(16)10-5-7-11(14)8-6-10/h5-8,12H,2-4,9,14H2,1H3. The predicted molar refractivity (Wildman–Crippen MR) is 66.5 cm³/mol. The van der Waals surface area contributed by atoms with Gasteiger partial charge in [0.1, 0.15) is 0 Å². The van der Waals surface area contributed by atoms with Crippen molar-refractivity contribution in [1.29, 1.82) is 0 Å². The van der Waals surface area contributed by atoms with E-state index in [1.165, 1.54) is 6.42 Å². The molecule has 0 aliphatic carbocycles. The molecule has 1 heterocycles. The van der Waals surface area contributed by atoms with Gasteiger partial charge in [0.05, 0.1) is 5.56 Å². The Balaban J connectivity index is 1.98. The zero-order valence-corrected chi connectivity index (χ0v) is 10.1. The van der Waals surface area contributed by atoms with Crippen LogP contribution in [0.25, 0.3) is 0 Å². The third-order valence-electron chi connectivity index (χ3n) is 3.09. The van der Waals surface area contributed by atoms with Gasteiger partial charge in [-0.15, -0.1) is 0 Å². The van der Waals surface area contributed by atoms with E-state index in [2.05, 4.69) is 4.90 Å². The molecule has 0 saturated carbocycles. The van der Waals surface area contributed by atoms with Crippen LogP contribution in [-0.4, -0.2) is 30.7 Å². The largest absolute Gasteiger partial charge is 0.443 e. The number of nitrogens with two attached hydrogens (primary N) is 1. The van der Waals surface area contributed by atoms with Crippen molar-refractivity contribution in [2.75, 3.05) is 19.3 Å². The van der Waals surface area contributed by atoms with Crippen LogP contribution in [0.1, 0.15) is 29.6 Å². The molecule has 92 valence electrons. The average Bonchev–Trinajstić information content (AvgIpc) is 2.33. The summed E-state index contributed by atoms with van der Waals surface area (Å²) < 4.78 is 5.48. The van der Waals surface area contributed by atoms with E-state index in [-0.39, 0.29) is 12.2 Å². The van der Waals surface area contributed by atoms with Crippen molar-refractivity contribution in [3.63, 3.8) is 0 Å². The lowest BCUT2D eigenvalue weighted by atomic mass is 10.1. The number of anilines is 1. The normalized spacial score (nSPS) is 21.1. The van der Waals surface area contributed by atoms with E-state index in [1.54, 1.807) is 24.3 Å². The number of carbonyl (C=O) groups excluding carboxylic acids is 1. The summed E-state index contributed by atoms with van der Waals surface area (Å²) in [5, 5.41) is 0. The second-order valence-corrected chi connectivity index (χ2v) is 4.46. The van der Waals surface area contributed by atoms with Crippen LogP contribution < -0.4 is 5.73 Å². The number of benzene rings is 1. The van der Waals surface area contributed by atoms with Crippen molar-refractivity contribution in [1.82, 2.24) is 4.90 Å². The van der Waals surface area contributed by atoms with Crippen molar-refractivity contribution in [3.05, 3.63) is 29.8 Å². The Hall–Kier alpha value is -1.55. The summed E-state index contributed by atoms with van der Waals surface area (Å²) in [4.78, 5) is 14.0. The smallest absolute Gasteiger partial charge is 0.339 e. The molecular weight excluding hydrogens is 216 g/mol. The number of likely N-dealkylation sites (tertiary alicyclic amines) is 1. The number of hydrogen-bond acceptors (Lipinski definition) is 4. The van der Waals surface area contributed by atoms with Crippen LogP contribution in [0.15, 0.2) is 24.3 Å². The summed E-state index contributed by atoms with van der Waals surface area (Å²) in [5.41, 5.74) is 6.78. The van der Waals surface area contributed by atoms with Crippen molar-refractivity contribution < 1.29 is 9.53 Å². The molecule has 2 rings (SSSR count). The molecule has 1 aromatic carbocycles. The molecule has 1 fully saturated rings. The molecule has 4 heteroatoms. The van der Waals surface area contributed by atoms with Gasteiger partial charge >= 0.3 is 5.97 Å². The van der Waals surface area contributed by atoms with Gasteiger partial charge in [0, 0.05) is 12.2 Å². The fraction of sp³-hybridized carbons (Fsp3) is 0.462. The Morgan fingerprint density at radius 1 is 1.35 bits per heavy atom. The fourth-order valence-corrected chi connectivity index (χ4v) is 2.00. The van der Waals surface area contributed by atoms with E-state index >= 15 is 0 Å². The van der Waals surface area contributed by atoms with Gasteiger partial charge in [0.15, 0.2) is 6.23 Å². The van der Waals surface area contributed by atoms with E-state index < -0.39 is 0 Å². The first-order chi connectivity index (χ1) is 8.16. The third-order valence-corrected chi connectivity index (χ3v) is 3.09.